The molecule has 2 heterocycles. The average molecular weight is 251 g/mol. The van der Waals surface area contributed by atoms with Gasteiger partial charge in [0.25, 0.3) is 0 Å². The number of nitrogens with zero attached hydrogens (tertiary/aromatic N) is 2. The minimum absolute atomic E-state index is 0.111. The molecule has 2 N–H and O–H groups in total. The van der Waals surface area contributed by atoms with Gasteiger partial charge in [-0.25, -0.2) is 4.79 Å². The quantitative estimate of drug-likeness (QED) is 0.848. The number of hydrogen-bond donors (Lipinski definition) is 2. The minimum Gasteiger partial charge on any atom is -0.477 e. The molecule has 0 saturated carbocycles. The number of anilines is 2. The van der Waals surface area contributed by atoms with Crippen LogP contribution in [-0.2, 0) is 11.8 Å². The molecule has 0 spiro atoms. The molecule has 1 unspecified atom stereocenters. The Morgan fingerprint density at radius 3 is 2.72 bits per heavy atom. The largest absolute Gasteiger partial charge is 0.477 e. The van der Waals surface area contributed by atoms with Crippen molar-refractivity contribution >= 4 is 23.3 Å². The van der Waals surface area contributed by atoms with Crippen molar-refractivity contribution in [2.24, 2.45) is 7.05 Å². The first kappa shape index (κ1) is 12.5. The predicted octanol–water partition coefficient (Wildman–Crippen LogP) is 1.28. The number of rotatable bonds is 3. The van der Waals surface area contributed by atoms with Crippen LogP contribution in [-0.4, -0.2) is 34.6 Å². The molecule has 1 aliphatic rings. The molecular weight excluding hydrogens is 234 g/mol. The number of likely N-dealkylation sites (N-methyl/N-ethyl adjacent to an activating group) is 1. The maximum absolute atomic E-state index is 12.0. The number of hydrogen-bond acceptors (Lipinski definition) is 3. The van der Waals surface area contributed by atoms with Crippen molar-refractivity contribution in [3.63, 3.8) is 0 Å². The van der Waals surface area contributed by atoms with Crippen LogP contribution in [0, 0.1) is 0 Å². The zero-order chi connectivity index (χ0) is 13.4. The Labute approximate surface area is 105 Å². The summed E-state index contributed by atoms with van der Waals surface area (Å²) in [5, 5.41) is 11.9. The van der Waals surface area contributed by atoms with Gasteiger partial charge in [0.05, 0.1) is 11.4 Å². The summed E-state index contributed by atoms with van der Waals surface area (Å²) in [5.74, 6) is -1.18. The van der Waals surface area contributed by atoms with Crippen LogP contribution < -0.4 is 10.2 Å². The van der Waals surface area contributed by atoms with Crippen molar-refractivity contribution in [3.8, 4) is 0 Å². The van der Waals surface area contributed by atoms with Crippen LogP contribution >= 0.6 is 0 Å². The Morgan fingerprint density at radius 1 is 1.50 bits per heavy atom. The molecule has 0 radical (unpaired) electrons. The van der Waals surface area contributed by atoms with E-state index in [1.54, 1.807) is 13.2 Å². The molecule has 0 aromatic carbocycles. The van der Waals surface area contributed by atoms with Gasteiger partial charge in [-0.1, -0.05) is 13.3 Å². The van der Waals surface area contributed by atoms with Gasteiger partial charge in [0.1, 0.15) is 6.04 Å². The molecule has 0 fully saturated rings. The third-order valence-electron chi connectivity index (χ3n) is 3.32. The highest BCUT2D eigenvalue weighted by atomic mass is 16.4. The fourth-order valence-electron chi connectivity index (χ4n) is 2.41. The van der Waals surface area contributed by atoms with Crippen molar-refractivity contribution in [2.75, 3.05) is 17.3 Å². The maximum Gasteiger partial charge on any atom is 0.354 e. The second-order valence-corrected chi connectivity index (χ2v) is 4.56. The van der Waals surface area contributed by atoms with Gasteiger partial charge >= 0.3 is 5.97 Å². The van der Waals surface area contributed by atoms with Gasteiger partial charge in [0.15, 0.2) is 5.69 Å². The van der Waals surface area contributed by atoms with Gasteiger partial charge in [0.2, 0.25) is 5.91 Å². The van der Waals surface area contributed by atoms with E-state index in [-0.39, 0.29) is 17.6 Å². The monoisotopic (exact) mass is 251 g/mol. The Balaban J connectivity index is 2.48. The zero-order valence-corrected chi connectivity index (χ0v) is 10.7. The van der Waals surface area contributed by atoms with Crippen molar-refractivity contribution in [3.05, 3.63) is 11.9 Å². The van der Waals surface area contributed by atoms with Crippen LogP contribution in [0.3, 0.4) is 0 Å². The first-order chi connectivity index (χ1) is 8.47. The normalized spacial score (nSPS) is 18.5. The van der Waals surface area contributed by atoms with Crippen molar-refractivity contribution in [1.29, 1.82) is 0 Å². The van der Waals surface area contributed by atoms with Crippen LogP contribution in [0.4, 0.5) is 11.4 Å². The highest BCUT2D eigenvalue weighted by molar-refractivity contribution is 6.09. The number of aromatic nitrogens is 1. The number of carboxylic acids is 1. The summed E-state index contributed by atoms with van der Waals surface area (Å²) in [5.41, 5.74) is 1.26. The van der Waals surface area contributed by atoms with Crippen molar-refractivity contribution in [2.45, 2.75) is 25.8 Å². The summed E-state index contributed by atoms with van der Waals surface area (Å²) in [7, 11) is 3.49. The molecule has 1 amide bonds. The second-order valence-electron chi connectivity index (χ2n) is 4.56. The number of aryl methyl sites for hydroxylation is 1. The first-order valence-electron chi connectivity index (χ1n) is 5.93. The lowest BCUT2D eigenvalue weighted by atomic mass is 10.1. The lowest BCUT2D eigenvalue weighted by Crippen LogP contribution is -2.45. The van der Waals surface area contributed by atoms with E-state index in [1.807, 2.05) is 18.9 Å². The molecule has 1 aliphatic heterocycles. The summed E-state index contributed by atoms with van der Waals surface area (Å²) in [6.07, 6.45) is 3.39. The van der Waals surface area contributed by atoms with Gasteiger partial charge < -0.3 is 19.9 Å². The van der Waals surface area contributed by atoms with E-state index in [9.17, 15) is 9.59 Å². The molecule has 6 heteroatoms. The van der Waals surface area contributed by atoms with Gasteiger partial charge in [-0.15, -0.1) is 0 Å². The fourth-order valence-corrected chi connectivity index (χ4v) is 2.41. The Kier molecular flexibility index (Phi) is 3.02. The Bertz CT molecular complexity index is 507. The van der Waals surface area contributed by atoms with E-state index in [1.165, 1.54) is 4.57 Å². The summed E-state index contributed by atoms with van der Waals surface area (Å²) in [6, 6.07) is -0.230. The van der Waals surface area contributed by atoms with E-state index in [4.69, 9.17) is 5.11 Å². The Hall–Kier alpha value is -1.98. The topological polar surface area (TPSA) is 74.6 Å². The van der Waals surface area contributed by atoms with Crippen LogP contribution in [0.2, 0.25) is 0 Å². The summed E-state index contributed by atoms with van der Waals surface area (Å²) in [4.78, 5) is 25.0. The molecule has 18 heavy (non-hydrogen) atoms. The van der Waals surface area contributed by atoms with E-state index in [0.29, 0.717) is 5.69 Å². The standard InChI is InChI=1S/C12H17N3O3/c1-4-5-7-11(16)13-9-8(15(7)3)6-14(2)10(9)12(17)18/h6-7H,4-5H2,1-3H3,(H,13,16)(H,17,18). The summed E-state index contributed by atoms with van der Waals surface area (Å²) in [6.45, 7) is 2.02. The maximum atomic E-state index is 12.0. The number of aromatic carboxylic acids is 1. The molecular formula is C12H17N3O3. The van der Waals surface area contributed by atoms with Crippen molar-refractivity contribution < 1.29 is 14.7 Å². The minimum atomic E-state index is -1.04. The van der Waals surface area contributed by atoms with Gasteiger partial charge in [-0.3, -0.25) is 4.79 Å². The number of nitrogens with one attached hydrogen (secondary N) is 1. The molecule has 2 rings (SSSR count). The van der Waals surface area contributed by atoms with Crippen molar-refractivity contribution in [1.82, 2.24) is 4.57 Å². The molecule has 1 aromatic heterocycles. The number of carbonyl (C=O) groups is 2. The SMILES string of the molecule is CCCC1C(=O)Nc2c(cn(C)c2C(=O)O)N1C. The fraction of sp³-hybridized carbons (Fsp3) is 0.500. The lowest BCUT2D eigenvalue weighted by molar-refractivity contribution is -0.117. The molecule has 98 valence electrons. The molecule has 0 bridgehead atoms. The average Bonchev–Trinajstić information content (AvgIpc) is 2.61. The lowest BCUT2D eigenvalue weighted by Gasteiger charge is -2.33. The highest BCUT2D eigenvalue weighted by Gasteiger charge is 2.34. The number of carbonyl (C=O) groups excluding carboxylic acids is 1. The molecule has 1 atom stereocenters. The van der Waals surface area contributed by atoms with E-state index >= 15 is 0 Å². The third kappa shape index (κ3) is 1.73. The van der Waals surface area contributed by atoms with Crippen LogP contribution in [0.5, 0.6) is 0 Å². The second kappa shape index (κ2) is 4.36. The van der Waals surface area contributed by atoms with E-state index < -0.39 is 5.97 Å². The molecule has 0 aliphatic carbocycles. The van der Waals surface area contributed by atoms with Gasteiger partial charge in [0, 0.05) is 20.3 Å². The predicted molar refractivity (Wildman–Crippen MR) is 68.1 cm³/mol. The number of fused-ring (bicyclic) bond motifs is 1. The first-order valence-corrected chi connectivity index (χ1v) is 5.93. The van der Waals surface area contributed by atoms with Gasteiger partial charge in [-0.05, 0) is 6.42 Å². The van der Waals surface area contributed by atoms with E-state index in [2.05, 4.69) is 5.32 Å². The smallest absolute Gasteiger partial charge is 0.354 e. The van der Waals surface area contributed by atoms with Gasteiger partial charge in [-0.2, -0.15) is 0 Å². The molecule has 1 aromatic rings. The number of carboxylic acid groups (broad SMARTS) is 1. The highest BCUT2D eigenvalue weighted by Crippen LogP contribution is 2.36. The zero-order valence-electron chi connectivity index (χ0n) is 10.7. The van der Waals surface area contributed by atoms with Crippen LogP contribution in [0.15, 0.2) is 6.20 Å². The molecule has 0 saturated heterocycles. The summed E-state index contributed by atoms with van der Waals surface area (Å²) >= 11 is 0. The van der Waals surface area contributed by atoms with Crippen LogP contribution in [0.1, 0.15) is 30.3 Å². The number of amides is 1. The Morgan fingerprint density at radius 2 is 2.17 bits per heavy atom. The van der Waals surface area contributed by atoms with Crippen LogP contribution in [0.25, 0.3) is 0 Å². The van der Waals surface area contributed by atoms with E-state index in [0.717, 1.165) is 18.5 Å². The third-order valence-corrected chi connectivity index (χ3v) is 3.32. The summed E-state index contributed by atoms with van der Waals surface area (Å²) < 4.78 is 1.53. The molecule has 6 nitrogen and oxygen atoms in total.